The molecule has 86 valence electrons. The summed E-state index contributed by atoms with van der Waals surface area (Å²) in [6.07, 6.45) is 4.87. The van der Waals surface area contributed by atoms with Crippen molar-refractivity contribution in [1.29, 1.82) is 0 Å². The molecule has 2 nitrogen and oxygen atoms in total. The number of amides is 1. The molecule has 1 amide bonds. The first-order valence-corrected chi connectivity index (χ1v) is 5.79. The van der Waals surface area contributed by atoms with Crippen LogP contribution in [0.25, 0.3) is 0 Å². The van der Waals surface area contributed by atoms with Crippen molar-refractivity contribution < 1.29 is 4.79 Å². The molecule has 0 aliphatic heterocycles. The van der Waals surface area contributed by atoms with E-state index in [1.807, 2.05) is 38.1 Å². The molecule has 0 unspecified atom stereocenters. The molecule has 0 aliphatic carbocycles. The number of nitrogens with one attached hydrogen (secondary N) is 1. The third-order valence-electron chi connectivity index (χ3n) is 2.30. The lowest BCUT2D eigenvalue weighted by atomic mass is 10.1. The van der Waals surface area contributed by atoms with Crippen LogP contribution in [0.15, 0.2) is 35.2 Å². The van der Waals surface area contributed by atoms with Gasteiger partial charge in [-0.3, -0.25) is 4.79 Å². The third-order valence-corrected chi connectivity index (χ3v) is 2.58. The molecule has 0 saturated carbocycles. The van der Waals surface area contributed by atoms with E-state index in [9.17, 15) is 4.79 Å². The molecule has 1 N–H and O–H groups in total. The molecule has 0 bridgehead atoms. The molecule has 0 spiro atoms. The molecule has 0 fully saturated rings. The first-order valence-electron chi connectivity index (χ1n) is 5.34. The highest BCUT2D eigenvalue weighted by Gasteiger charge is 2.07. The topological polar surface area (TPSA) is 29.1 Å². The van der Waals surface area contributed by atoms with Gasteiger partial charge in [0.1, 0.15) is 0 Å². The Morgan fingerprint density at radius 1 is 1.50 bits per heavy atom. The second-order valence-electron chi connectivity index (χ2n) is 3.61. The minimum atomic E-state index is -0.0297. The van der Waals surface area contributed by atoms with Crippen LogP contribution in [0.1, 0.15) is 29.3 Å². The quantitative estimate of drug-likeness (QED) is 0.469. The van der Waals surface area contributed by atoms with Crippen LogP contribution in [0, 0.1) is 6.92 Å². The number of hydrogen-bond donors (Lipinski definition) is 2. The number of carbonyl (C=O) groups is 1. The van der Waals surface area contributed by atoms with E-state index in [0.29, 0.717) is 12.1 Å². The Balaban J connectivity index is 2.62. The molecule has 3 heteroatoms. The summed E-state index contributed by atoms with van der Waals surface area (Å²) in [6.45, 7) is 4.56. The van der Waals surface area contributed by atoms with Crippen molar-refractivity contribution in [3.8, 4) is 0 Å². The molecular weight excluding hydrogens is 218 g/mol. The molecule has 16 heavy (non-hydrogen) atoms. The SMILES string of the molecule is C/C=C/CCNC(=O)c1cc(S)ccc1C. The molecule has 0 aromatic heterocycles. The van der Waals surface area contributed by atoms with Crippen LogP contribution in [-0.2, 0) is 0 Å². The second kappa shape index (κ2) is 6.38. The van der Waals surface area contributed by atoms with Crippen LogP contribution >= 0.6 is 12.6 Å². The largest absolute Gasteiger partial charge is 0.352 e. The smallest absolute Gasteiger partial charge is 0.251 e. The Kier molecular flexibility index (Phi) is 5.12. The van der Waals surface area contributed by atoms with Gasteiger partial charge in [-0.15, -0.1) is 12.6 Å². The molecule has 0 heterocycles. The maximum atomic E-state index is 11.8. The predicted molar refractivity (Wildman–Crippen MR) is 70.2 cm³/mol. The molecular formula is C13H17NOS. The summed E-state index contributed by atoms with van der Waals surface area (Å²) in [5.41, 5.74) is 1.68. The van der Waals surface area contributed by atoms with E-state index < -0.39 is 0 Å². The van der Waals surface area contributed by atoms with Gasteiger partial charge in [0.05, 0.1) is 0 Å². The minimum Gasteiger partial charge on any atom is -0.352 e. The Morgan fingerprint density at radius 3 is 2.94 bits per heavy atom. The van der Waals surface area contributed by atoms with Crippen LogP contribution in [-0.4, -0.2) is 12.5 Å². The average Bonchev–Trinajstić information content (AvgIpc) is 2.27. The van der Waals surface area contributed by atoms with Gasteiger partial charge in [0.15, 0.2) is 0 Å². The van der Waals surface area contributed by atoms with Gasteiger partial charge >= 0.3 is 0 Å². The summed E-state index contributed by atoms with van der Waals surface area (Å²) < 4.78 is 0. The lowest BCUT2D eigenvalue weighted by molar-refractivity contribution is 0.0953. The van der Waals surface area contributed by atoms with Crippen molar-refractivity contribution in [2.45, 2.75) is 25.2 Å². The Hall–Kier alpha value is -1.22. The van der Waals surface area contributed by atoms with Crippen molar-refractivity contribution >= 4 is 18.5 Å². The standard InChI is InChI=1S/C13H17NOS/c1-3-4-5-8-14-13(15)12-9-11(16)7-6-10(12)2/h3-4,6-7,9,16H,5,8H2,1-2H3,(H,14,15)/b4-3+. The maximum Gasteiger partial charge on any atom is 0.251 e. The lowest BCUT2D eigenvalue weighted by Crippen LogP contribution is -2.24. The van der Waals surface area contributed by atoms with Gasteiger partial charge in [-0.05, 0) is 38.0 Å². The van der Waals surface area contributed by atoms with E-state index in [-0.39, 0.29) is 5.91 Å². The number of rotatable bonds is 4. The molecule has 0 saturated heterocycles. The van der Waals surface area contributed by atoms with Crippen molar-refractivity contribution in [1.82, 2.24) is 5.32 Å². The lowest BCUT2D eigenvalue weighted by Gasteiger charge is -2.07. The van der Waals surface area contributed by atoms with Crippen molar-refractivity contribution in [2.75, 3.05) is 6.54 Å². The Labute approximate surface area is 102 Å². The number of thiol groups is 1. The zero-order valence-corrected chi connectivity index (χ0v) is 10.6. The minimum absolute atomic E-state index is 0.0297. The highest BCUT2D eigenvalue weighted by atomic mass is 32.1. The van der Waals surface area contributed by atoms with Crippen LogP contribution in [0.4, 0.5) is 0 Å². The second-order valence-corrected chi connectivity index (χ2v) is 4.13. The third kappa shape index (κ3) is 3.74. The monoisotopic (exact) mass is 235 g/mol. The summed E-state index contributed by atoms with van der Waals surface area (Å²) in [6, 6.07) is 5.58. The summed E-state index contributed by atoms with van der Waals surface area (Å²) in [5, 5.41) is 2.88. The first kappa shape index (κ1) is 12.8. The fraction of sp³-hybridized carbons (Fsp3) is 0.308. The van der Waals surface area contributed by atoms with E-state index in [2.05, 4.69) is 17.9 Å². The van der Waals surface area contributed by atoms with Gasteiger partial charge in [-0.2, -0.15) is 0 Å². The van der Waals surface area contributed by atoms with Crippen LogP contribution in [0.5, 0.6) is 0 Å². The molecule has 0 radical (unpaired) electrons. The zero-order chi connectivity index (χ0) is 12.0. The van der Waals surface area contributed by atoms with Gasteiger partial charge in [-0.25, -0.2) is 0 Å². The number of allylic oxidation sites excluding steroid dienone is 1. The van der Waals surface area contributed by atoms with Gasteiger partial charge < -0.3 is 5.32 Å². The first-order chi connectivity index (χ1) is 7.65. The fourth-order valence-corrected chi connectivity index (χ4v) is 1.59. The highest BCUT2D eigenvalue weighted by Crippen LogP contribution is 2.13. The maximum absolute atomic E-state index is 11.8. The van der Waals surface area contributed by atoms with Gasteiger partial charge in [0.25, 0.3) is 5.91 Å². The molecule has 0 atom stereocenters. The van der Waals surface area contributed by atoms with Crippen molar-refractivity contribution in [2.24, 2.45) is 0 Å². The highest BCUT2D eigenvalue weighted by molar-refractivity contribution is 7.80. The summed E-state index contributed by atoms with van der Waals surface area (Å²) >= 11 is 4.23. The van der Waals surface area contributed by atoms with Gasteiger partial charge in [0, 0.05) is 17.0 Å². The summed E-state index contributed by atoms with van der Waals surface area (Å²) in [7, 11) is 0. The summed E-state index contributed by atoms with van der Waals surface area (Å²) in [4.78, 5) is 12.6. The van der Waals surface area contributed by atoms with Gasteiger partial charge in [0.2, 0.25) is 0 Å². The number of hydrogen-bond acceptors (Lipinski definition) is 2. The summed E-state index contributed by atoms with van der Waals surface area (Å²) in [5.74, 6) is -0.0297. The zero-order valence-electron chi connectivity index (χ0n) is 9.66. The van der Waals surface area contributed by atoms with E-state index in [0.717, 1.165) is 16.9 Å². The van der Waals surface area contributed by atoms with Crippen LogP contribution in [0.3, 0.4) is 0 Å². The molecule has 1 rings (SSSR count). The normalized spacial score (nSPS) is 10.7. The molecule has 1 aromatic carbocycles. The average molecular weight is 235 g/mol. The van der Waals surface area contributed by atoms with E-state index in [1.165, 1.54) is 0 Å². The predicted octanol–water partition coefficient (Wildman–Crippen LogP) is 2.98. The van der Waals surface area contributed by atoms with E-state index >= 15 is 0 Å². The van der Waals surface area contributed by atoms with Crippen LogP contribution in [0.2, 0.25) is 0 Å². The van der Waals surface area contributed by atoms with Crippen molar-refractivity contribution in [3.63, 3.8) is 0 Å². The van der Waals surface area contributed by atoms with Gasteiger partial charge in [-0.1, -0.05) is 18.2 Å². The van der Waals surface area contributed by atoms with Crippen LogP contribution < -0.4 is 5.32 Å². The van der Waals surface area contributed by atoms with E-state index in [1.54, 1.807) is 6.07 Å². The number of carbonyl (C=O) groups excluding carboxylic acids is 1. The number of benzene rings is 1. The molecule has 1 aromatic rings. The number of aryl methyl sites for hydroxylation is 1. The molecule has 0 aliphatic rings. The van der Waals surface area contributed by atoms with Crippen molar-refractivity contribution in [3.05, 3.63) is 41.5 Å². The Bertz CT molecular complexity index is 399. The Morgan fingerprint density at radius 2 is 2.25 bits per heavy atom. The van der Waals surface area contributed by atoms with E-state index in [4.69, 9.17) is 0 Å². The fourth-order valence-electron chi connectivity index (χ4n) is 1.39.